The Kier molecular flexibility index (Phi) is 4.51. The van der Waals surface area contributed by atoms with Crippen LogP contribution in [0.4, 0.5) is 0 Å². The molecule has 0 aromatic carbocycles. The third-order valence-corrected chi connectivity index (χ3v) is 3.41. The third-order valence-electron chi connectivity index (χ3n) is 3.41. The van der Waals surface area contributed by atoms with E-state index in [1.54, 1.807) is 0 Å². The summed E-state index contributed by atoms with van der Waals surface area (Å²) in [7, 11) is 0. The van der Waals surface area contributed by atoms with Gasteiger partial charge in [-0.3, -0.25) is 0 Å². The van der Waals surface area contributed by atoms with Gasteiger partial charge in [0, 0.05) is 5.92 Å². The van der Waals surface area contributed by atoms with Crippen molar-refractivity contribution in [3.05, 3.63) is 0 Å². The Morgan fingerprint density at radius 1 is 1.29 bits per heavy atom. The molecule has 1 aliphatic heterocycles. The highest BCUT2D eigenvalue weighted by atomic mass is 16.6. The van der Waals surface area contributed by atoms with Crippen LogP contribution < -0.4 is 0 Å². The van der Waals surface area contributed by atoms with E-state index in [1.165, 1.54) is 0 Å². The van der Waals surface area contributed by atoms with Crippen molar-refractivity contribution in [1.29, 1.82) is 0 Å². The van der Waals surface area contributed by atoms with Gasteiger partial charge < -0.3 is 14.9 Å². The van der Waals surface area contributed by atoms with Crippen molar-refractivity contribution in [2.24, 2.45) is 5.92 Å². The van der Waals surface area contributed by atoms with Gasteiger partial charge in [-0.2, -0.15) is 0 Å². The molecule has 98 valence electrons. The Bertz CT molecular complexity index is 301. The lowest BCUT2D eigenvalue weighted by atomic mass is 9.80. The second kappa shape index (κ2) is 5.49. The van der Waals surface area contributed by atoms with Crippen LogP contribution in [0, 0.1) is 5.92 Å². The van der Waals surface area contributed by atoms with E-state index in [9.17, 15) is 14.7 Å². The zero-order valence-electron chi connectivity index (χ0n) is 10.3. The minimum absolute atomic E-state index is 0.203. The van der Waals surface area contributed by atoms with Crippen LogP contribution in [0.15, 0.2) is 0 Å². The van der Waals surface area contributed by atoms with Gasteiger partial charge in [-0.05, 0) is 19.3 Å². The number of aliphatic carboxylic acids is 2. The molecule has 3 unspecified atom stereocenters. The van der Waals surface area contributed by atoms with Crippen LogP contribution in [-0.4, -0.2) is 33.9 Å². The molecule has 2 N–H and O–H groups in total. The summed E-state index contributed by atoms with van der Waals surface area (Å²) >= 11 is 0. The molecule has 1 rings (SSSR count). The van der Waals surface area contributed by atoms with Gasteiger partial charge in [0.05, 0.1) is 0 Å². The molecule has 1 fully saturated rings. The zero-order chi connectivity index (χ0) is 13.1. The number of ether oxygens (including phenoxy) is 1. The van der Waals surface area contributed by atoms with Gasteiger partial charge in [0.25, 0.3) is 0 Å². The second-order valence-corrected chi connectivity index (χ2v) is 4.61. The molecule has 0 spiro atoms. The normalized spacial score (nSPS) is 32.6. The molecule has 0 aromatic rings. The maximum absolute atomic E-state index is 11.4. The first kappa shape index (κ1) is 14.0. The van der Waals surface area contributed by atoms with E-state index in [2.05, 4.69) is 0 Å². The van der Waals surface area contributed by atoms with E-state index in [-0.39, 0.29) is 5.92 Å². The average molecular weight is 244 g/mol. The van der Waals surface area contributed by atoms with E-state index >= 15 is 0 Å². The zero-order valence-corrected chi connectivity index (χ0v) is 10.3. The van der Waals surface area contributed by atoms with Crippen molar-refractivity contribution in [3.8, 4) is 0 Å². The summed E-state index contributed by atoms with van der Waals surface area (Å²) in [5.41, 5.74) is -1.30. The van der Waals surface area contributed by atoms with Crippen molar-refractivity contribution in [2.45, 2.75) is 57.7 Å². The summed E-state index contributed by atoms with van der Waals surface area (Å²) in [6.45, 7) is 3.85. The van der Waals surface area contributed by atoms with Crippen molar-refractivity contribution >= 4 is 11.9 Å². The number of carboxylic acid groups (broad SMARTS) is 2. The van der Waals surface area contributed by atoms with Gasteiger partial charge in [0.1, 0.15) is 0 Å². The van der Waals surface area contributed by atoms with Crippen molar-refractivity contribution in [2.75, 3.05) is 0 Å². The summed E-state index contributed by atoms with van der Waals surface area (Å²) in [5, 5.41) is 18.3. The highest BCUT2D eigenvalue weighted by Crippen LogP contribution is 2.42. The number of carbonyl (C=O) groups is 2. The van der Waals surface area contributed by atoms with Crippen molar-refractivity contribution in [1.82, 2.24) is 0 Å². The Morgan fingerprint density at radius 3 is 2.35 bits per heavy atom. The molecular weight excluding hydrogens is 224 g/mol. The Hall–Kier alpha value is -1.10. The fraction of sp³-hybridized carbons (Fsp3) is 0.833. The van der Waals surface area contributed by atoms with Gasteiger partial charge >= 0.3 is 11.9 Å². The maximum Gasteiger partial charge on any atom is 0.336 e. The van der Waals surface area contributed by atoms with Crippen LogP contribution in [0.25, 0.3) is 0 Å². The first-order valence-electron chi connectivity index (χ1n) is 6.12. The second-order valence-electron chi connectivity index (χ2n) is 4.61. The SMILES string of the molecule is CCCC1CC(C(=O)O)OC1(CCC)C(=O)O. The highest BCUT2D eigenvalue weighted by Gasteiger charge is 2.54. The Balaban J connectivity index is 2.97. The first-order valence-corrected chi connectivity index (χ1v) is 6.12. The minimum Gasteiger partial charge on any atom is -0.479 e. The molecule has 0 saturated carbocycles. The molecule has 5 heteroatoms. The average Bonchev–Trinajstić information content (AvgIpc) is 2.60. The number of carboxylic acids is 2. The predicted octanol–water partition coefficient (Wildman–Crippen LogP) is 1.90. The summed E-state index contributed by atoms with van der Waals surface area (Å²) in [6.07, 6.45) is 1.88. The molecule has 0 aliphatic carbocycles. The molecule has 0 radical (unpaired) electrons. The lowest BCUT2D eigenvalue weighted by molar-refractivity contribution is -0.175. The molecule has 0 amide bonds. The van der Waals surface area contributed by atoms with Crippen LogP contribution in [-0.2, 0) is 14.3 Å². The van der Waals surface area contributed by atoms with E-state index in [0.29, 0.717) is 25.7 Å². The molecule has 0 aromatic heterocycles. The fourth-order valence-corrected chi connectivity index (χ4v) is 2.66. The third kappa shape index (κ3) is 2.60. The molecular formula is C12H20O5. The summed E-state index contributed by atoms with van der Waals surface area (Å²) in [4.78, 5) is 22.4. The van der Waals surface area contributed by atoms with Gasteiger partial charge in [-0.1, -0.05) is 26.7 Å². The molecule has 3 atom stereocenters. The minimum atomic E-state index is -1.30. The smallest absolute Gasteiger partial charge is 0.336 e. The largest absolute Gasteiger partial charge is 0.479 e. The topological polar surface area (TPSA) is 83.8 Å². The Morgan fingerprint density at radius 2 is 1.94 bits per heavy atom. The standard InChI is InChI=1S/C12H20O5/c1-3-5-8-7-9(10(13)14)17-12(8,6-4-2)11(15)16/h8-9H,3-7H2,1-2H3,(H,13,14)(H,15,16). The molecule has 0 bridgehead atoms. The van der Waals surface area contributed by atoms with Gasteiger partial charge in [0.15, 0.2) is 11.7 Å². The first-order chi connectivity index (χ1) is 7.97. The maximum atomic E-state index is 11.4. The quantitative estimate of drug-likeness (QED) is 0.745. The highest BCUT2D eigenvalue weighted by molar-refractivity contribution is 5.81. The summed E-state index contributed by atoms with van der Waals surface area (Å²) in [6, 6.07) is 0. The molecule has 17 heavy (non-hydrogen) atoms. The summed E-state index contributed by atoms with van der Waals surface area (Å²) < 4.78 is 5.38. The van der Waals surface area contributed by atoms with Crippen LogP contribution in [0.3, 0.4) is 0 Å². The molecule has 1 heterocycles. The van der Waals surface area contributed by atoms with Crippen molar-refractivity contribution in [3.63, 3.8) is 0 Å². The monoisotopic (exact) mass is 244 g/mol. The van der Waals surface area contributed by atoms with Gasteiger partial charge in [-0.15, -0.1) is 0 Å². The van der Waals surface area contributed by atoms with Crippen LogP contribution in [0.1, 0.15) is 46.0 Å². The van der Waals surface area contributed by atoms with Gasteiger partial charge in [0.2, 0.25) is 0 Å². The lowest BCUT2D eigenvalue weighted by Gasteiger charge is -2.29. The van der Waals surface area contributed by atoms with Crippen LogP contribution in [0.2, 0.25) is 0 Å². The van der Waals surface area contributed by atoms with Crippen molar-refractivity contribution < 1.29 is 24.5 Å². The lowest BCUT2D eigenvalue weighted by Crippen LogP contribution is -2.44. The molecule has 5 nitrogen and oxygen atoms in total. The molecule has 1 aliphatic rings. The van der Waals surface area contributed by atoms with Gasteiger partial charge in [-0.25, -0.2) is 9.59 Å². The number of rotatable bonds is 6. The Labute approximate surface area is 101 Å². The van der Waals surface area contributed by atoms with E-state index in [4.69, 9.17) is 9.84 Å². The van der Waals surface area contributed by atoms with E-state index in [0.717, 1.165) is 6.42 Å². The van der Waals surface area contributed by atoms with Crippen LogP contribution in [0.5, 0.6) is 0 Å². The van der Waals surface area contributed by atoms with Crippen LogP contribution >= 0.6 is 0 Å². The van der Waals surface area contributed by atoms with E-state index < -0.39 is 23.6 Å². The van der Waals surface area contributed by atoms with E-state index in [1.807, 2.05) is 13.8 Å². The number of hydrogen-bond acceptors (Lipinski definition) is 3. The summed E-state index contributed by atoms with van der Waals surface area (Å²) in [5.74, 6) is -2.29. The molecule has 1 saturated heterocycles. The fourth-order valence-electron chi connectivity index (χ4n) is 2.66. The predicted molar refractivity (Wildman–Crippen MR) is 60.8 cm³/mol. The number of hydrogen-bond donors (Lipinski definition) is 2.